The van der Waals surface area contributed by atoms with Crippen LogP contribution in [0.5, 0.6) is 0 Å². The van der Waals surface area contributed by atoms with Gasteiger partial charge >= 0.3 is 11.9 Å². The molecule has 2 aliphatic heterocycles. The standard InChI is InChI=1S/C50H80N2O6/c1-44(2)35(41(54)55)28-36(44)42(56)58-39-15-18-47(6)37(45(39,3)4)14-19-49(8)38(47)12-11-34-40-33(46(5)21-22-46)13-20-50(40,24-23-48(34,49)7)43(57)52-25-9-10-32(52)29-51-26-16-31(30-53)17-27-51/h31-40,53H,9-30H2,1-8H3,(H,54,55)/t32-,33+,34?,35-,36+,37-,38+,39-,40+,47-,48+,49+,50?/m0/s1. The summed E-state index contributed by atoms with van der Waals surface area (Å²) in [5.41, 5.74) is 0.00646. The number of amides is 1. The van der Waals surface area contributed by atoms with Crippen LogP contribution in [0.2, 0.25) is 0 Å². The van der Waals surface area contributed by atoms with Crippen LogP contribution in [0.3, 0.4) is 0 Å². The van der Waals surface area contributed by atoms with Crippen molar-refractivity contribution in [2.45, 2.75) is 177 Å². The molecule has 0 bridgehead atoms. The minimum atomic E-state index is -0.806. The molecule has 2 heterocycles. The fraction of sp³-hybridized carbons (Fsp3) is 0.940. The third-order valence-corrected chi connectivity index (χ3v) is 21.9. The number of esters is 1. The molecule has 7 aliphatic carbocycles. The second-order valence-electron chi connectivity index (χ2n) is 24.7. The zero-order valence-electron chi connectivity index (χ0n) is 37.8. The number of ether oxygens (including phenoxy) is 1. The molecule has 58 heavy (non-hydrogen) atoms. The van der Waals surface area contributed by atoms with Crippen LogP contribution in [0.4, 0.5) is 0 Å². The molecule has 2 unspecified atom stereocenters. The van der Waals surface area contributed by atoms with Crippen LogP contribution in [-0.4, -0.2) is 82.8 Å². The highest BCUT2D eigenvalue weighted by Crippen LogP contribution is 2.79. The van der Waals surface area contributed by atoms with Crippen molar-refractivity contribution in [2.24, 2.45) is 85.2 Å². The van der Waals surface area contributed by atoms with Gasteiger partial charge in [0.2, 0.25) is 5.91 Å². The smallest absolute Gasteiger partial charge is 0.309 e. The number of carboxylic acid groups (broad SMARTS) is 1. The lowest BCUT2D eigenvalue weighted by Gasteiger charge is -2.73. The SMILES string of the molecule is CC1([C@@H]2CCC3(C(=O)N4CCC[C@H]4CN4CCC(CO)CC4)CC[C@]4(C)C(CC[C@@H]5[C@@]6(C)CC[C@H](OC(=O)[C@H]7C[C@@H](C(=O)O)C7(C)C)C(C)(C)[C@@H]6CC[C@]54C)[C@@H]23)CC1. The zero-order valence-corrected chi connectivity index (χ0v) is 37.8. The molecule has 8 nitrogen and oxygen atoms in total. The van der Waals surface area contributed by atoms with Gasteiger partial charge in [-0.25, -0.2) is 0 Å². The number of hydrogen-bond donors (Lipinski definition) is 2. The number of carboxylic acids is 1. The molecule has 2 N–H and O–H groups in total. The number of aliphatic hydroxyl groups is 1. The maximum Gasteiger partial charge on any atom is 0.309 e. The lowest BCUT2D eigenvalue weighted by atomic mass is 9.32. The molecule has 0 aromatic rings. The minimum Gasteiger partial charge on any atom is -0.481 e. The summed E-state index contributed by atoms with van der Waals surface area (Å²) >= 11 is 0. The van der Waals surface area contributed by atoms with Gasteiger partial charge in [-0.3, -0.25) is 14.4 Å². The number of carbonyl (C=O) groups is 3. The van der Waals surface area contributed by atoms with Gasteiger partial charge in [-0.15, -0.1) is 0 Å². The fourth-order valence-corrected chi connectivity index (χ4v) is 17.7. The molecule has 9 rings (SSSR count). The fourth-order valence-electron chi connectivity index (χ4n) is 17.7. The average Bonchev–Trinajstić information content (AvgIpc) is 3.54. The predicted octanol–water partition coefficient (Wildman–Crippen LogP) is 9.22. The highest BCUT2D eigenvalue weighted by Gasteiger charge is 2.74. The Balaban J connectivity index is 0.953. The number of aliphatic carboxylic acids is 1. The van der Waals surface area contributed by atoms with Gasteiger partial charge in [0.1, 0.15) is 6.10 Å². The summed E-state index contributed by atoms with van der Waals surface area (Å²) in [6, 6.07) is 0.333. The van der Waals surface area contributed by atoms with Crippen molar-refractivity contribution in [1.29, 1.82) is 0 Å². The molecular formula is C50H80N2O6. The number of aliphatic hydroxyl groups excluding tert-OH is 1. The first kappa shape index (κ1) is 41.7. The van der Waals surface area contributed by atoms with Crippen molar-refractivity contribution >= 4 is 17.8 Å². The summed E-state index contributed by atoms with van der Waals surface area (Å²) in [7, 11) is 0. The van der Waals surface area contributed by atoms with Gasteiger partial charge in [0.05, 0.1) is 17.3 Å². The van der Waals surface area contributed by atoms with E-state index in [1.807, 2.05) is 13.8 Å². The second-order valence-corrected chi connectivity index (χ2v) is 24.7. The van der Waals surface area contributed by atoms with Crippen molar-refractivity contribution in [3.05, 3.63) is 0 Å². The molecule has 0 aromatic heterocycles. The van der Waals surface area contributed by atoms with E-state index < -0.39 is 17.3 Å². The summed E-state index contributed by atoms with van der Waals surface area (Å²) in [5, 5.41) is 19.5. The van der Waals surface area contributed by atoms with E-state index in [-0.39, 0.29) is 45.1 Å². The van der Waals surface area contributed by atoms with E-state index in [0.29, 0.717) is 65.9 Å². The maximum atomic E-state index is 15.6. The first-order valence-corrected chi connectivity index (χ1v) is 24.3. The molecule has 9 aliphatic rings. The van der Waals surface area contributed by atoms with Crippen molar-refractivity contribution in [1.82, 2.24) is 9.80 Å². The number of hydrogen-bond acceptors (Lipinski definition) is 6. The number of nitrogens with zero attached hydrogens (tertiary/aromatic N) is 2. The molecule has 9 fully saturated rings. The number of rotatable bonds is 8. The normalized spacial score (nSPS) is 47.8. The molecule has 0 aromatic carbocycles. The Labute approximate surface area is 350 Å². The molecular weight excluding hydrogens is 725 g/mol. The largest absolute Gasteiger partial charge is 0.481 e. The van der Waals surface area contributed by atoms with Crippen molar-refractivity contribution in [3.63, 3.8) is 0 Å². The highest BCUT2D eigenvalue weighted by atomic mass is 16.5. The molecule has 1 amide bonds. The van der Waals surface area contributed by atoms with Crippen LogP contribution in [0.1, 0.15) is 165 Å². The van der Waals surface area contributed by atoms with Gasteiger partial charge in [0, 0.05) is 31.2 Å². The van der Waals surface area contributed by atoms with Crippen LogP contribution in [-0.2, 0) is 19.1 Å². The quantitative estimate of drug-likeness (QED) is 0.236. The van der Waals surface area contributed by atoms with Gasteiger partial charge in [0.25, 0.3) is 0 Å². The lowest BCUT2D eigenvalue weighted by Crippen LogP contribution is -2.68. The van der Waals surface area contributed by atoms with Crippen LogP contribution in [0.15, 0.2) is 0 Å². The van der Waals surface area contributed by atoms with Crippen molar-refractivity contribution < 1.29 is 29.3 Å². The zero-order chi connectivity index (χ0) is 41.4. The Bertz CT molecular complexity index is 1650. The summed E-state index contributed by atoms with van der Waals surface area (Å²) in [5.74, 6) is 1.94. The molecule has 8 heteroatoms. The Kier molecular flexibility index (Phi) is 10.00. The summed E-state index contributed by atoms with van der Waals surface area (Å²) in [6.45, 7) is 23.5. The Morgan fingerprint density at radius 1 is 0.672 bits per heavy atom. The van der Waals surface area contributed by atoms with Crippen LogP contribution >= 0.6 is 0 Å². The molecule has 0 spiro atoms. The summed E-state index contributed by atoms with van der Waals surface area (Å²) in [6.07, 6.45) is 18.7. The lowest BCUT2D eigenvalue weighted by molar-refractivity contribution is -0.253. The topological polar surface area (TPSA) is 107 Å². The third kappa shape index (κ3) is 5.86. The monoisotopic (exact) mass is 805 g/mol. The van der Waals surface area contributed by atoms with Gasteiger partial charge in [0.15, 0.2) is 0 Å². The Hall–Kier alpha value is -1.67. The van der Waals surface area contributed by atoms with Crippen molar-refractivity contribution in [3.8, 4) is 0 Å². The first-order valence-electron chi connectivity index (χ1n) is 24.3. The molecule has 2 saturated heterocycles. The molecule has 13 atom stereocenters. The van der Waals surface area contributed by atoms with Gasteiger partial charge in [-0.2, -0.15) is 0 Å². The van der Waals surface area contributed by atoms with E-state index in [1.54, 1.807) is 0 Å². The van der Waals surface area contributed by atoms with Crippen LogP contribution in [0.25, 0.3) is 0 Å². The first-order chi connectivity index (χ1) is 27.3. The van der Waals surface area contributed by atoms with Gasteiger partial charge < -0.3 is 24.7 Å². The summed E-state index contributed by atoms with van der Waals surface area (Å²) < 4.78 is 6.49. The third-order valence-electron chi connectivity index (χ3n) is 21.9. The van der Waals surface area contributed by atoms with E-state index in [2.05, 4.69) is 51.3 Å². The Morgan fingerprint density at radius 3 is 2.05 bits per heavy atom. The number of fused-ring (bicyclic) bond motifs is 7. The molecule has 326 valence electrons. The minimum absolute atomic E-state index is 0.143. The Morgan fingerprint density at radius 2 is 1.40 bits per heavy atom. The van der Waals surface area contributed by atoms with E-state index in [0.717, 1.165) is 84.0 Å². The van der Waals surface area contributed by atoms with Crippen LogP contribution in [0, 0.1) is 85.2 Å². The van der Waals surface area contributed by atoms with Crippen LogP contribution < -0.4 is 0 Å². The van der Waals surface area contributed by atoms with Crippen molar-refractivity contribution in [2.75, 3.05) is 32.8 Å². The maximum absolute atomic E-state index is 15.6. The molecule has 0 radical (unpaired) electrons. The average molecular weight is 805 g/mol. The van der Waals surface area contributed by atoms with Gasteiger partial charge in [-0.05, 0) is 185 Å². The van der Waals surface area contributed by atoms with E-state index in [9.17, 15) is 19.8 Å². The predicted molar refractivity (Wildman–Crippen MR) is 225 cm³/mol. The number of carbonyl (C=O) groups excluding carboxylic acids is 2. The summed E-state index contributed by atoms with van der Waals surface area (Å²) in [4.78, 5) is 46.1. The number of piperidine rings is 1. The van der Waals surface area contributed by atoms with E-state index in [1.165, 1.54) is 44.9 Å². The van der Waals surface area contributed by atoms with E-state index >= 15 is 4.79 Å². The van der Waals surface area contributed by atoms with Gasteiger partial charge in [-0.1, -0.05) is 55.4 Å². The second kappa shape index (κ2) is 13.9. The highest BCUT2D eigenvalue weighted by molar-refractivity contribution is 5.84. The molecule has 7 saturated carbocycles. The number of likely N-dealkylation sites (tertiary alicyclic amines) is 2. The van der Waals surface area contributed by atoms with E-state index in [4.69, 9.17) is 4.74 Å².